The molecule has 1 rings (SSSR count). The molecule has 0 atom stereocenters. The largest absolute Gasteiger partial charge is 0.490 e. The predicted octanol–water partition coefficient (Wildman–Crippen LogP) is 1.86. The molecule has 0 heterocycles. The lowest BCUT2D eigenvalue weighted by molar-refractivity contribution is -0.131. The SMILES string of the molecule is CS(=O)(=O)CCOc1c(Cl)cccc1/C=C/C(=O)O. The highest BCUT2D eigenvalue weighted by Gasteiger charge is 2.09. The number of aliphatic carboxylic acids is 1. The Bertz CT molecular complexity index is 592. The summed E-state index contributed by atoms with van der Waals surface area (Å²) in [6.45, 7) is -0.0452. The van der Waals surface area contributed by atoms with E-state index in [-0.39, 0.29) is 18.1 Å². The Labute approximate surface area is 116 Å². The fraction of sp³-hybridized carbons (Fsp3) is 0.250. The van der Waals surface area contributed by atoms with Crippen LogP contribution >= 0.6 is 11.6 Å². The fourth-order valence-corrected chi connectivity index (χ4v) is 1.89. The molecule has 0 unspecified atom stereocenters. The summed E-state index contributed by atoms with van der Waals surface area (Å²) in [5.74, 6) is -0.965. The van der Waals surface area contributed by atoms with Gasteiger partial charge in [0.05, 0.1) is 10.8 Å². The van der Waals surface area contributed by atoms with Crippen molar-refractivity contribution in [1.82, 2.24) is 0 Å². The normalized spacial score (nSPS) is 11.7. The molecule has 19 heavy (non-hydrogen) atoms. The molecule has 0 fully saturated rings. The molecule has 1 aromatic carbocycles. The molecular formula is C12H13ClO5S. The van der Waals surface area contributed by atoms with Gasteiger partial charge >= 0.3 is 5.97 Å². The second-order valence-electron chi connectivity index (χ2n) is 3.81. The van der Waals surface area contributed by atoms with Gasteiger partial charge in [-0.25, -0.2) is 13.2 Å². The third-order valence-corrected chi connectivity index (χ3v) is 3.31. The zero-order chi connectivity index (χ0) is 14.5. The van der Waals surface area contributed by atoms with E-state index in [0.29, 0.717) is 10.6 Å². The lowest BCUT2D eigenvalue weighted by Crippen LogP contribution is -2.12. The summed E-state index contributed by atoms with van der Waals surface area (Å²) in [4.78, 5) is 10.5. The van der Waals surface area contributed by atoms with E-state index in [9.17, 15) is 13.2 Å². The number of sulfone groups is 1. The highest BCUT2D eigenvalue weighted by atomic mass is 35.5. The van der Waals surface area contributed by atoms with Crippen molar-refractivity contribution in [2.45, 2.75) is 0 Å². The van der Waals surface area contributed by atoms with E-state index in [1.54, 1.807) is 18.2 Å². The van der Waals surface area contributed by atoms with Crippen molar-refractivity contribution in [2.24, 2.45) is 0 Å². The lowest BCUT2D eigenvalue weighted by atomic mass is 10.2. The summed E-state index contributed by atoms with van der Waals surface area (Å²) in [7, 11) is -3.13. The zero-order valence-corrected chi connectivity index (χ0v) is 11.7. The molecule has 1 N–H and O–H groups in total. The average molecular weight is 305 g/mol. The van der Waals surface area contributed by atoms with Gasteiger partial charge in [-0.3, -0.25) is 0 Å². The maximum atomic E-state index is 11.0. The van der Waals surface area contributed by atoms with E-state index in [2.05, 4.69) is 0 Å². The molecular weight excluding hydrogens is 292 g/mol. The van der Waals surface area contributed by atoms with E-state index in [4.69, 9.17) is 21.4 Å². The van der Waals surface area contributed by atoms with Crippen LogP contribution in [0.5, 0.6) is 5.75 Å². The first-order chi connectivity index (χ1) is 8.79. The van der Waals surface area contributed by atoms with Gasteiger partial charge in [-0.15, -0.1) is 0 Å². The van der Waals surface area contributed by atoms with E-state index in [1.165, 1.54) is 6.08 Å². The molecule has 1 aromatic rings. The summed E-state index contributed by atoms with van der Waals surface area (Å²) in [5, 5.41) is 8.87. The number of carboxylic acid groups (broad SMARTS) is 1. The van der Waals surface area contributed by atoms with Crippen molar-refractivity contribution < 1.29 is 23.1 Å². The quantitative estimate of drug-likeness (QED) is 0.811. The van der Waals surface area contributed by atoms with Gasteiger partial charge in [0, 0.05) is 17.9 Å². The molecule has 0 aliphatic carbocycles. The Morgan fingerprint density at radius 2 is 2.16 bits per heavy atom. The third kappa shape index (κ3) is 5.76. The Morgan fingerprint density at radius 1 is 1.47 bits per heavy atom. The second kappa shape index (κ2) is 6.58. The number of rotatable bonds is 6. The first-order valence-corrected chi connectivity index (χ1v) is 7.73. The summed E-state index contributed by atoms with van der Waals surface area (Å²) in [5.41, 5.74) is 0.475. The number of hydrogen-bond acceptors (Lipinski definition) is 4. The Balaban J connectivity index is 2.89. The fourth-order valence-electron chi connectivity index (χ4n) is 1.27. The molecule has 0 radical (unpaired) electrons. The van der Waals surface area contributed by atoms with Gasteiger partial charge in [0.1, 0.15) is 12.4 Å². The molecule has 0 aliphatic heterocycles. The van der Waals surface area contributed by atoms with Gasteiger partial charge < -0.3 is 9.84 Å². The minimum Gasteiger partial charge on any atom is -0.490 e. The zero-order valence-electron chi connectivity index (χ0n) is 10.2. The van der Waals surface area contributed by atoms with Crippen LogP contribution in [0.2, 0.25) is 5.02 Å². The van der Waals surface area contributed by atoms with E-state index >= 15 is 0 Å². The maximum absolute atomic E-state index is 11.0. The number of para-hydroxylation sites is 1. The van der Waals surface area contributed by atoms with Crippen LogP contribution in [-0.4, -0.2) is 38.1 Å². The second-order valence-corrected chi connectivity index (χ2v) is 6.48. The molecule has 7 heteroatoms. The van der Waals surface area contributed by atoms with E-state index in [0.717, 1.165) is 12.3 Å². The number of benzene rings is 1. The van der Waals surface area contributed by atoms with Gasteiger partial charge in [0.25, 0.3) is 0 Å². The van der Waals surface area contributed by atoms with Gasteiger partial charge in [0.2, 0.25) is 0 Å². The topological polar surface area (TPSA) is 80.7 Å². The van der Waals surface area contributed by atoms with Crippen LogP contribution in [0.1, 0.15) is 5.56 Å². The van der Waals surface area contributed by atoms with Crippen molar-refractivity contribution in [2.75, 3.05) is 18.6 Å². The van der Waals surface area contributed by atoms with Crippen LogP contribution < -0.4 is 4.74 Å². The van der Waals surface area contributed by atoms with Crippen LogP contribution in [0.25, 0.3) is 6.08 Å². The molecule has 0 saturated carbocycles. The number of ether oxygens (including phenoxy) is 1. The first-order valence-electron chi connectivity index (χ1n) is 5.29. The van der Waals surface area contributed by atoms with Crippen molar-refractivity contribution in [3.63, 3.8) is 0 Å². The summed E-state index contributed by atoms with van der Waals surface area (Å²) < 4.78 is 27.3. The number of hydrogen-bond donors (Lipinski definition) is 1. The average Bonchev–Trinajstić information content (AvgIpc) is 2.27. The van der Waals surface area contributed by atoms with Crippen molar-refractivity contribution in [1.29, 1.82) is 0 Å². The molecule has 0 saturated heterocycles. The van der Waals surface area contributed by atoms with Gasteiger partial charge in [0.15, 0.2) is 9.84 Å². The number of halogens is 1. The molecule has 0 amide bonds. The molecule has 0 bridgehead atoms. The van der Waals surface area contributed by atoms with Gasteiger partial charge in [-0.1, -0.05) is 23.7 Å². The summed E-state index contributed by atoms with van der Waals surface area (Å²) >= 11 is 5.94. The number of carboxylic acids is 1. The van der Waals surface area contributed by atoms with Crippen LogP contribution in [0, 0.1) is 0 Å². The molecule has 0 aromatic heterocycles. The smallest absolute Gasteiger partial charge is 0.328 e. The molecule has 0 spiro atoms. The minimum absolute atomic E-state index is 0.0452. The molecule has 104 valence electrons. The highest BCUT2D eigenvalue weighted by molar-refractivity contribution is 7.90. The highest BCUT2D eigenvalue weighted by Crippen LogP contribution is 2.29. The summed E-state index contributed by atoms with van der Waals surface area (Å²) in [6.07, 6.45) is 3.40. The Morgan fingerprint density at radius 3 is 2.74 bits per heavy atom. The van der Waals surface area contributed by atoms with Crippen LogP contribution in [-0.2, 0) is 14.6 Å². The standard InChI is InChI=1S/C12H13ClO5S/c1-19(16,17)8-7-18-12-9(5-6-11(14)15)3-2-4-10(12)13/h2-6H,7-8H2,1H3,(H,14,15)/b6-5+. The number of carbonyl (C=O) groups is 1. The Hall–Kier alpha value is -1.53. The van der Waals surface area contributed by atoms with Crippen molar-refractivity contribution in [3.05, 3.63) is 34.9 Å². The van der Waals surface area contributed by atoms with Gasteiger partial charge in [-0.2, -0.15) is 0 Å². The lowest BCUT2D eigenvalue weighted by Gasteiger charge is -2.10. The first kappa shape index (κ1) is 15.5. The molecule has 5 nitrogen and oxygen atoms in total. The van der Waals surface area contributed by atoms with Gasteiger partial charge in [-0.05, 0) is 12.1 Å². The monoisotopic (exact) mass is 304 g/mol. The van der Waals surface area contributed by atoms with Crippen LogP contribution in [0.4, 0.5) is 0 Å². The third-order valence-electron chi connectivity index (χ3n) is 2.10. The summed E-state index contributed by atoms with van der Waals surface area (Å²) in [6, 6.07) is 4.85. The van der Waals surface area contributed by atoms with Crippen molar-refractivity contribution in [3.8, 4) is 5.75 Å². The van der Waals surface area contributed by atoms with E-state index < -0.39 is 15.8 Å². The molecule has 0 aliphatic rings. The Kier molecular flexibility index (Phi) is 5.38. The maximum Gasteiger partial charge on any atom is 0.328 e. The van der Waals surface area contributed by atoms with Crippen LogP contribution in [0.3, 0.4) is 0 Å². The van der Waals surface area contributed by atoms with E-state index in [1.807, 2.05) is 0 Å². The predicted molar refractivity (Wildman–Crippen MR) is 73.3 cm³/mol. The van der Waals surface area contributed by atoms with Crippen LogP contribution in [0.15, 0.2) is 24.3 Å². The minimum atomic E-state index is -3.13. The van der Waals surface area contributed by atoms with Crippen molar-refractivity contribution >= 4 is 33.5 Å².